The van der Waals surface area contributed by atoms with E-state index in [1.54, 1.807) is 24.3 Å². The number of thiazole rings is 1. The molecule has 178 valence electrons. The van der Waals surface area contributed by atoms with Crippen LogP contribution in [0.5, 0.6) is 0 Å². The third-order valence-electron chi connectivity index (χ3n) is 6.49. The summed E-state index contributed by atoms with van der Waals surface area (Å²) < 4.78 is 1.41. The van der Waals surface area contributed by atoms with Gasteiger partial charge in [0.05, 0.1) is 17.4 Å². The van der Waals surface area contributed by atoms with E-state index in [9.17, 15) is 14.4 Å². The van der Waals surface area contributed by atoms with Gasteiger partial charge in [-0.1, -0.05) is 12.5 Å². The smallest absolute Gasteiger partial charge is 0.264 e. The zero-order chi connectivity index (χ0) is 23.7. The minimum absolute atomic E-state index is 0.198. The van der Waals surface area contributed by atoms with Gasteiger partial charge in [0.25, 0.3) is 5.56 Å². The Labute approximate surface area is 201 Å². The Bertz CT molecular complexity index is 1290. The summed E-state index contributed by atoms with van der Waals surface area (Å²) in [6, 6.07) is 4.75. The van der Waals surface area contributed by atoms with Crippen LogP contribution in [0, 0.1) is 6.92 Å². The first-order chi connectivity index (χ1) is 16.5. The summed E-state index contributed by atoms with van der Waals surface area (Å²) in [5, 5.41) is 7.07. The van der Waals surface area contributed by atoms with E-state index in [0.29, 0.717) is 29.0 Å². The molecule has 10 heteroatoms. The lowest BCUT2D eigenvalue weighted by Crippen LogP contribution is -2.45. The Morgan fingerprint density at radius 3 is 2.79 bits per heavy atom. The van der Waals surface area contributed by atoms with Crippen molar-refractivity contribution >= 4 is 39.7 Å². The van der Waals surface area contributed by atoms with Crippen LogP contribution in [0.25, 0.3) is 10.9 Å². The second-order valence-corrected chi connectivity index (χ2v) is 10.1. The molecule has 1 atom stereocenters. The van der Waals surface area contributed by atoms with Crippen molar-refractivity contribution in [1.29, 1.82) is 0 Å². The molecule has 1 unspecified atom stereocenters. The lowest BCUT2D eigenvalue weighted by Gasteiger charge is -2.25. The van der Waals surface area contributed by atoms with Crippen LogP contribution in [0.4, 0.5) is 5.69 Å². The quantitative estimate of drug-likeness (QED) is 0.522. The van der Waals surface area contributed by atoms with Crippen LogP contribution in [0.15, 0.2) is 29.2 Å². The SMILES string of the molecule is Cc1nc2cccc(NCc3ncc(CN4CCCCC4)s3)c2c(=O)n1C1CCC(=O)NC1=O. The predicted octanol–water partition coefficient (Wildman–Crippen LogP) is 2.74. The molecule has 2 amide bonds. The van der Waals surface area contributed by atoms with Crippen LogP contribution >= 0.6 is 11.3 Å². The summed E-state index contributed by atoms with van der Waals surface area (Å²) in [7, 11) is 0. The van der Waals surface area contributed by atoms with Gasteiger partial charge in [-0.2, -0.15) is 0 Å². The van der Waals surface area contributed by atoms with Crippen molar-refractivity contribution < 1.29 is 9.59 Å². The summed E-state index contributed by atoms with van der Waals surface area (Å²) >= 11 is 1.69. The normalized spacial score (nSPS) is 19.4. The maximum atomic E-state index is 13.5. The van der Waals surface area contributed by atoms with Crippen LogP contribution in [-0.4, -0.2) is 44.3 Å². The van der Waals surface area contributed by atoms with Crippen LogP contribution in [0.2, 0.25) is 0 Å². The van der Waals surface area contributed by atoms with E-state index in [1.807, 2.05) is 18.3 Å². The molecule has 4 heterocycles. The lowest BCUT2D eigenvalue weighted by atomic mass is 10.1. The molecule has 9 nitrogen and oxygen atoms in total. The molecule has 0 radical (unpaired) electrons. The molecule has 0 bridgehead atoms. The summed E-state index contributed by atoms with van der Waals surface area (Å²) in [6.45, 7) is 5.44. The minimum atomic E-state index is -0.744. The van der Waals surface area contributed by atoms with Crippen molar-refractivity contribution in [2.45, 2.75) is 58.2 Å². The first-order valence-corrected chi connectivity index (χ1v) is 12.6. The van der Waals surface area contributed by atoms with Gasteiger partial charge in [-0.15, -0.1) is 11.3 Å². The molecule has 1 aromatic carbocycles. The number of carbonyl (C=O) groups excluding carboxylic acids is 2. The second-order valence-electron chi connectivity index (χ2n) is 8.91. The second kappa shape index (κ2) is 9.63. The molecule has 2 aromatic heterocycles. The van der Waals surface area contributed by atoms with Gasteiger partial charge in [-0.25, -0.2) is 9.97 Å². The maximum Gasteiger partial charge on any atom is 0.264 e. The first kappa shape index (κ1) is 22.7. The number of piperidine rings is 2. The monoisotopic (exact) mass is 480 g/mol. The van der Waals surface area contributed by atoms with Crippen molar-refractivity contribution in [3.63, 3.8) is 0 Å². The molecule has 2 saturated heterocycles. The Kier molecular flexibility index (Phi) is 6.42. The average molecular weight is 481 g/mol. The number of anilines is 1. The van der Waals surface area contributed by atoms with Gasteiger partial charge < -0.3 is 5.32 Å². The van der Waals surface area contributed by atoms with Gasteiger partial charge in [-0.05, 0) is 51.4 Å². The average Bonchev–Trinajstić information content (AvgIpc) is 3.26. The Hall–Kier alpha value is -3.11. The first-order valence-electron chi connectivity index (χ1n) is 11.7. The predicted molar refractivity (Wildman–Crippen MR) is 131 cm³/mol. The molecule has 0 aliphatic carbocycles. The number of nitrogens with one attached hydrogen (secondary N) is 2. The topological polar surface area (TPSA) is 109 Å². The number of nitrogens with zero attached hydrogens (tertiary/aromatic N) is 4. The minimum Gasteiger partial charge on any atom is -0.378 e. The highest BCUT2D eigenvalue weighted by atomic mass is 32.1. The summed E-state index contributed by atoms with van der Waals surface area (Å²) in [6.07, 6.45) is 6.27. The van der Waals surface area contributed by atoms with Crippen molar-refractivity contribution in [3.05, 3.63) is 50.5 Å². The number of amides is 2. The van der Waals surface area contributed by atoms with Crippen LogP contribution < -0.4 is 16.2 Å². The summed E-state index contributed by atoms with van der Waals surface area (Å²) in [5.41, 5.74) is 0.940. The largest absolute Gasteiger partial charge is 0.378 e. The van der Waals surface area contributed by atoms with Crippen molar-refractivity contribution in [2.75, 3.05) is 18.4 Å². The zero-order valence-corrected chi connectivity index (χ0v) is 20.0. The molecule has 5 rings (SSSR count). The van der Waals surface area contributed by atoms with Crippen molar-refractivity contribution in [3.8, 4) is 0 Å². The molecule has 0 saturated carbocycles. The number of hydrogen-bond donors (Lipinski definition) is 2. The number of hydrogen-bond acceptors (Lipinski definition) is 8. The van der Waals surface area contributed by atoms with E-state index in [-0.39, 0.29) is 24.3 Å². The van der Waals surface area contributed by atoms with Crippen LogP contribution in [-0.2, 0) is 22.7 Å². The number of aromatic nitrogens is 3. The fourth-order valence-corrected chi connectivity index (χ4v) is 5.71. The van der Waals surface area contributed by atoms with E-state index in [1.165, 1.54) is 28.7 Å². The standard InChI is InChI=1S/C24H28N6O3S/c1-15-27-18-7-5-6-17(22(18)24(33)30(15)19-8-9-20(31)28-23(19)32)25-13-21-26-12-16(34-21)14-29-10-3-2-4-11-29/h5-7,12,19,25H,2-4,8-11,13-14H2,1H3,(H,28,31,32). The van der Waals surface area contributed by atoms with Gasteiger partial charge in [0.2, 0.25) is 11.8 Å². The van der Waals surface area contributed by atoms with E-state index in [2.05, 4.69) is 25.5 Å². The molecule has 2 aliphatic rings. The number of benzene rings is 1. The van der Waals surface area contributed by atoms with E-state index >= 15 is 0 Å². The number of imide groups is 1. The lowest BCUT2D eigenvalue weighted by molar-refractivity contribution is -0.135. The third kappa shape index (κ3) is 4.60. The van der Waals surface area contributed by atoms with Gasteiger partial charge >= 0.3 is 0 Å². The fourth-order valence-electron chi connectivity index (χ4n) is 4.81. The Balaban J connectivity index is 1.38. The summed E-state index contributed by atoms with van der Waals surface area (Å²) in [4.78, 5) is 50.4. The Morgan fingerprint density at radius 2 is 2.00 bits per heavy atom. The molecular weight excluding hydrogens is 452 g/mol. The number of rotatable bonds is 6. The number of fused-ring (bicyclic) bond motifs is 1. The number of aryl methyl sites for hydroxylation is 1. The van der Waals surface area contributed by atoms with E-state index < -0.39 is 11.9 Å². The fraction of sp³-hybridized carbons (Fsp3) is 0.458. The number of carbonyl (C=O) groups is 2. The summed E-state index contributed by atoms with van der Waals surface area (Å²) in [5.74, 6) is -0.324. The van der Waals surface area contributed by atoms with Gasteiger partial charge in [0, 0.05) is 29.7 Å². The zero-order valence-electron chi connectivity index (χ0n) is 19.2. The highest BCUT2D eigenvalue weighted by Crippen LogP contribution is 2.25. The van der Waals surface area contributed by atoms with Gasteiger partial charge in [-0.3, -0.25) is 29.2 Å². The van der Waals surface area contributed by atoms with Gasteiger partial charge in [0.1, 0.15) is 16.9 Å². The van der Waals surface area contributed by atoms with Crippen molar-refractivity contribution in [1.82, 2.24) is 24.8 Å². The molecule has 2 N–H and O–H groups in total. The van der Waals surface area contributed by atoms with E-state index in [0.717, 1.165) is 24.6 Å². The molecule has 0 spiro atoms. The maximum absolute atomic E-state index is 13.5. The van der Waals surface area contributed by atoms with Gasteiger partial charge in [0.15, 0.2) is 0 Å². The van der Waals surface area contributed by atoms with E-state index in [4.69, 9.17) is 0 Å². The molecule has 34 heavy (non-hydrogen) atoms. The third-order valence-corrected chi connectivity index (χ3v) is 7.47. The highest BCUT2D eigenvalue weighted by molar-refractivity contribution is 7.11. The molecule has 3 aromatic rings. The van der Waals surface area contributed by atoms with Crippen molar-refractivity contribution in [2.24, 2.45) is 0 Å². The van der Waals surface area contributed by atoms with Crippen LogP contribution in [0.1, 0.15) is 53.9 Å². The van der Waals surface area contributed by atoms with Crippen LogP contribution in [0.3, 0.4) is 0 Å². The highest BCUT2D eigenvalue weighted by Gasteiger charge is 2.30. The Morgan fingerprint density at radius 1 is 1.18 bits per heavy atom. The number of likely N-dealkylation sites (tertiary alicyclic amines) is 1. The molecular formula is C24H28N6O3S. The molecule has 2 fully saturated rings. The molecule has 2 aliphatic heterocycles.